The molecule has 0 aliphatic carbocycles. The number of aryl methyl sites for hydroxylation is 2. The fourth-order valence-electron chi connectivity index (χ4n) is 2.01. The van der Waals surface area contributed by atoms with Crippen LogP contribution < -0.4 is 4.90 Å². The predicted molar refractivity (Wildman–Crippen MR) is 75.7 cm³/mol. The number of aromatic nitrogens is 1. The Morgan fingerprint density at radius 1 is 1.18 bits per heavy atom. The van der Waals surface area contributed by atoms with Gasteiger partial charge in [0, 0.05) is 19.3 Å². The number of unbranched alkanes of at least 4 members (excludes halogenated alkanes) is 1. The SMILES string of the molecule is Cc1ccc(C)c(N(C)CCCCC(C)C)n1. The number of hydrogen-bond donors (Lipinski definition) is 0. The Hall–Kier alpha value is -1.05. The van der Waals surface area contributed by atoms with Crippen molar-refractivity contribution in [1.29, 1.82) is 0 Å². The van der Waals surface area contributed by atoms with Crippen molar-refractivity contribution in [2.45, 2.75) is 47.0 Å². The van der Waals surface area contributed by atoms with Crippen LogP contribution in [0, 0.1) is 19.8 Å². The first-order valence-electron chi connectivity index (χ1n) is 6.66. The first-order chi connectivity index (χ1) is 8.00. The molecule has 0 unspecified atom stereocenters. The second-order valence-electron chi connectivity index (χ2n) is 5.40. The maximum Gasteiger partial charge on any atom is 0.131 e. The zero-order chi connectivity index (χ0) is 12.8. The van der Waals surface area contributed by atoms with E-state index >= 15 is 0 Å². The highest BCUT2D eigenvalue weighted by molar-refractivity contribution is 5.46. The predicted octanol–water partition coefficient (Wildman–Crippen LogP) is 3.96. The molecule has 0 aromatic carbocycles. The molecule has 1 heterocycles. The summed E-state index contributed by atoms with van der Waals surface area (Å²) in [7, 11) is 2.14. The van der Waals surface area contributed by atoms with E-state index in [2.05, 4.69) is 56.8 Å². The maximum absolute atomic E-state index is 4.61. The average molecular weight is 234 g/mol. The van der Waals surface area contributed by atoms with Crippen molar-refractivity contribution in [3.63, 3.8) is 0 Å². The Kier molecular flexibility index (Phi) is 5.46. The molecule has 0 spiro atoms. The third kappa shape index (κ3) is 4.76. The van der Waals surface area contributed by atoms with Gasteiger partial charge < -0.3 is 4.90 Å². The van der Waals surface area contributed by atoms with Crippen LogP contribution in [0.2, 0.25) is 0 Å². The molecule has 1 rings (SSSR count). The molecule has 1 aromatic rings. The minimum Gasteiger partial charge on any atom is -0.359 e. The molecule has 0 aliphatic rings. The molecule has 0 radical (unpaired) electrons. The molecule has 0 amide bonds. The van der Waals surface area contributed by atoms with Gasteiger partial charge in [0.2, 0.25) is 0 Å². The van der Waals surface area contributed by atoms with Crippen molar-refractivity contribution in [3.8, 4) is 0 Å². The number of pyridine rings is 1. The van der Waals surface area contributed by atoms with Gasteiger partial charge in [-0.15, -0.1) is 0 Å². The summed E-state index contributed by atoms with van der Waals surface area (Å²) >= 11 is 0. The Balaban J connectivity index is 2.46. The van der Waals surface area contributed by atoms with Gasteiger partial charge in [-0.1, -0.05) is 32.8 Å². The van der Waals surface area contributed by atoms with Crippen LogP contribution in [0.25, 0.3) is 0 Å². The Morgan fingerprint density at radius 2 is 1.88 bits per heavy atom. The zero-order valence-electron chi connectivity index (χ0n) is 12.0. The molecule has 0 N–H and O–H groups in total. The summed E-state index contributed by atoms with van der Waals surface area (Å²) in [4.78, 5) is 6.89. The van der Waals surface area contributed by atoms with Crippen LogP contribution in [0.3, 0.4) is 0 Å². The monoisotopic (exact) mass is 234 g/mol. The van der Waals surface area contributed by atoms with Crippen molar-refractivity contribution in [2.75, 3.05) is 18.5 Å². The summed E-state index contributed by atoms with van der Waals surface area (Å²) in [6.45, 7) is 9.86. The van der Waals surface area contributed by atoms with Crippen molar-refractivity contribution in [3.05, 3.63) is 23.4 Å². The fourth-order valence-corrected chi connectivity index (χ4v) is 2.01. The largest absolute Gasteiger partial charge is 0.359 e. The highest BCUT2D eigenvalue weighted by atomic mass is 15.2. The molecular weight excluding hydrogens is 208 g/mol. The van der Waals surface area contributed by atoms with Crippen LogP contribution in [0.5, 0.6) is 0 Å². The first-order valence-corrected chi connectivity index (χ1v) is 6.66. The molecular formula is C15H26N2. The summed E-state index contributed by atoms with van der Waals surface area (Å²) in [5.41, 5.74) is 2.36. The summed E-state index contributed by atoms with van der Waals surface area (Å²) < 4.78 is 0. The molecule has 0 atom stereocenters. The number of hydrogen-bond acceptors (Lipinski definition) is 2. The van der Waals surface area contributed by atoms with Crippen LogP contribution >= 0.6 is 0 Å². The van der Waals surface area contributed by atoms with Crippen LogP contribution in [-0.4, -0.2) is 18.6 Å². The number of rotatable bonds is 6. The minimum atomic E-state index is 0.819. The van der Waals surface area contributed by atoms with Gasteiger partial charge in [0.1, 0.15) is 5.82 Å². The van der Waals surface area contributed by atoms with Gasteiger partial charge in [0.05, 0.1) is 0 Å². The van der Waals surface area contributed by atoms with E-state index in [9.17, 15) is 0 Å². The minimum absolute atomic E-state index is 0.819. The Labute approximate surface area is 106 Å². The molecule has 96 valence electrons. The van der Waals surface area contributed by atoms with E-state index in [1.165, 1.54) is 24.8 Å². The van der Waals surface area contributed by atoms with Crippen molar-refractivity contribution < 1.29 is 0 Å². The Bertz CT molecular complexity index is 345. The molecule has 0 saturated carbocycles. The summed E-state index contributed by atoms with van der Waals surface area (Å²) in [6.07, 6.45) is 3.89. The standard InChI is InChI=1S/C15H26N2/c1-12(2)8-6-7-11-17(5)15-13(3)9-10-14(4)16-15/h9-10,12H,6-8,11H2,1-5H3. The topological polar surface area (TPSA) is 16.1 Å². The fraction of sp³-hybridized carbons (Fsp3) is 0.667. The first kappa shape index (κ1) is 14.0. The summed E-state index contributed by atoms with van der Waals surface area (Å²) in [5.74, 6) is 1.95. The van der Waals surface area contributed by atoms with E-state index in [0.717, 1.165) is 24.0 Å². The molecule has 0 fully saturated rings. The number of nitrogens with zero attached hydrogens (tertiary/aromatic N) is 2. The summed E-state index contributed by atoms with van der Waals surface area (Å²) in [5, 5.41) is 0. The Morgan fingerprint density at radius 3 is 2.53 bits per heavy atom. The van der Waals surface area contributed by atoms with Gasteiger partial charge in [-0.25, -0.2) is 4.98 Å². The molecule has 0 bridgehead atoms. The highest BCUT2D eigenvalue weighted by Gasteiger charge is 2.06. The molecule has 0 aliphatic heterocycles. The van der Waals surface area contributed by atoms with Crippen molar-refractivity contribution in [1.82, 2.24) is 4.98 Å². The second kappa shape index (κ2) is 6.63. The lowest BCUT2D eigenvalue weighted by Gasteiger charge is -2.20. The molecule has 2 nitrogen and oxygen atoms in total. The van der Waals surface area contributed by atoms with Gasteiger partial charge >= 0.3 is 0 Å². The molecule has 1 aromatic heterocycles. The van der Waals surface area contributed by atoms with Crippen molar-refractivity contribution in [2.24, 2.45) is 5.92 Å². The van der Waals surface area contributed by atoms with Crippen LogP contribution in [-0.2, 0) is 0 Å². The zero-order valence-corrected chi connectivity index (χ0v) is 12.0. The number of anilines is 1. The van der Waals surface area contributed by atoms with E-state index in [1.807, 2.05) is 0 Å². The smallest absolute Gasteiger partial charge is 0.131 e. The highest BCUT2D eigenvalue weighted by Crippen LogP contribution is 2.17. The normalized spacial score (nSPS) is 10.9. The lowest BCUT2D eigenvalue weighted by molar-refractivity contribution is 0.538. The lowest BCUT2D eigenvalue weighted by Crippen LogP contribution is -2.21. The quantitative estimate of drug-likeness (QED) is 0.693. The van der Waals surface area contributed by atoms with E-state index in [1.54, 1.807) is 0 Å². The van der Waals surface area contributed by atoms with Gasteiger partial charge in [0.15, 0.2) is 0 Å². The molecule has 0 saturated heterocycles. The van der Waals surface area contributed by atoms with E-state index in [-0.39, 0.29) is 0 Å². The van der Waals surface area contributed by atoms with E-state index in [0.29, 0.717) is 0 Å². The van der Waals surface area contributed by atoms with Crippen molar-refractivity contribution >= 4 is 5.82 Å². The van der Waals surface area contributed by atoms with Gasteiger partial charge in [-0.05, 0) is 37.8 Å². The van der Waals surface area contributed by atoms with Crippen LogP contribution in [0.4, 0.5) is 5.82 Å². The lowest BCUT2D eigenvalue weighted by atomic mass is 10.1. The third-order valence-corrected chi connectivity index (χ3v) is 3.10. The maximum atomic E-state index is 4.61. The van der Waals surface area contributed by atoms with E-state index in [4.69, 9.17) is 0 Å². The molecule has 2 heteroatoms. The van der Waals surface area contributed by atoms with Crippen LogP contribution in [0.15, 0.2) is 12.1 Å². The van der Waals surface area contributed by atoms with Gasteiger partial charge in [-0.2, -0.15) is 0 Å². The summed E-state index contributed by atoms with van der Waals surface area (Å²) in [6, 6.07) is 4.23. The van der Waals surface area contributed by atoms with Crippen LogP contribution in [0.1, 0.15) is 44.4 Å². The van der Waals surface area contributed by atoms with E-state index < -0.39 is 0 Å². The third-order valence-electron chi connectivity index (χ3n) is 3.10. The van der Waals surface area contributed by atoms with Gasteiger partial charge in [0.25, 0.3) is 0 Å². The second-order valence-corrected chi connectivity index (χ2v) is 5.40. The molecule has 17 heavy (non-hydrogen) atoms. The average Bonchev–Trinajstić information content (AvgIpc) is 2.27. The van der Waals surface area contributed by atoms with Gasteiger partial charge in [-0.3, -0.25) is 0 Å².